The number of benzene rings is 4. The lowest BCUT2D eigenvalue weighted by atomic mass is 10.1. The molecule has 0 unspecified atom stereocenters. The quantitative estimate of drug-likeness (QED) is 0.270. The van der Waals surface area contributed by atoms with Gasteiger partial charge in [-0.25, -0.2) is 0 Å². The molecule has 0 amide bonds. The third-order valence-corrected chi connectivity index (χ3v) is 4.84. The maximum Gasteiger partial charge on any atom is 0.157 e. The normalized spacial score (nSPS) is 11.6. The molecule has 0 aliphatic carbocycles. The van der Waals surface area contributed by atoms with Crippen LogP contribution in [0.2, 0.25) is 0 Å². The number of thiol groups is 2. The average molecular weight is 362 g/mol. The number of azo groups is 1. The number of rotatable bonds is 2. The Hall–Kier alpha value is -2.50. The summed E-state index contributed by atoms with van der Waals surface area (Å²) in [6.45, 7) is 0. The number of phenols is 1. The lowest BCUT2D eigenvalue weighted by Gasteiger charge is -2.07. The fraction of sp³-hybridized carbons (Fsp3) is 0. The molecule has 0 saturated heterocycles. The summed E-state index contributed by atoms with van der Waals surface area (Å²) in [5.41, 5.74) is 1.14. The standard InChI is InChI=1S/C20H14N2OS2/c23-20-18(25)11-12-5-1-2-6-13(12)19(20)22-21-16-9-10-17(24)15-8-4-3-7-14(15)16/h1-11,23-25H. The van der Waals surface area contributed by atoms with Gasteiger partial charge in [-0.05, 0) is 29.0 Å². The van der Waals surface area contributed by atoms with Crippen LogP contribution in [0.15, 0.2) is 86.7 Å². The van der Waals surface area contributed by atoms with Crippen LogP contribution in [0, 0.1) is 0 Å². The van der Waals surface area contributed by atoms with Gasteiger partial charge in [0.05, 0.1) is 5.69 Å². The Kier molecular flexibility index (Phi) is 4.11. The second-order valence-electron chi connectivity index (χ2n) is 5.66. The zero-order valence-corrected chi connectivity index (χ0v) is 14.9. The summed E-state index contributed by atoms with van der Waals surface area (Å²) in [5, 5.41) is 22.9. The molecule has 4 aromatic carbocycles. The molecule has 0 bridgehead atoms. The zero-order valence-electron chi connectivity index (χ0n) is 13.1. The smallest absolute Gasteiger partial charge is 0.157 e. The molecule has 1 N–H and O–H groups in total. The minimum atomic E-state index is 0.0286. The Labute approximate surface area is 155 Å². The highest BCUT2D eigenvalue weighted by atomic mass is 32.1. The maximum atomic E-state index is 10.4. The first-order valence-corrected chi connectivity index (χ1v) is 8.61. The number of hydrogen-bond donors (Lipinski definition) is 3. The summed E-state index contributed by atoms with van der Waals surface area (Å²) in [5.74, 6) is 0.0286. The largest absolute Gasteiger partial charge is 0.504 e. The number of phenolic OH excluding ortho intramolecular Hbond substituents is 1. The Morgan fingerprint density at radius 3 is 2.16 bits per heavy atom. The molecule has 0 aliphatic rings. The molecule has 4 aromatic rings. The van der Waals surface area contributed by atoms with E-state index in [1.165, 1.54) is 0 Å². The highest BCUT2D eigenvalue weighted by Crippen LogP contribution is 2.41. The van der Waals surface area contributed by atoms with Crippen molar-refractivity contribution in [2.45, 2.75) is 9.79 Å². The number of hydrogen-bond acceptors (Lipinski definition) is 5. The maximum absolute atomic E-state index is 10.4. The van der Waals surface area contributed by atoms with E-state index >= 15 is 0 Å². The van der Waals surface area contributed by atoms with Crippen molar-refractivity contribution in [2.24, 2.45) is 10.2 Å². The van der Waals surface area contributed by atoms with E-state index < -0.39 is 0 Å². The summed E-state index contributed by atoms with van der Waals surface area (Å²) >= 11 is 8.83. The van der Waals surface area contributed by atoms with Gasteiger partial charge in [0.15, 0.2) is 5.75 Å². The Morgan fingerprint density at radius 2 is 1.36 bits per heavy atom. The third kappa shape index (κ3) is 2.86. The molecule has 0 spiro atoms. The SMILES string of the molecule is Oc1c(S)cc2ccccc2c1N=Nc1ccc(S)c2ccccc12. The van der Waals surface area contributed by atoms with Crippen LogP contribution in [0.4, 0.5) is 11.4 Å². The van der Waals surface area contributed by atoms with E-state index in [0.29, 0.717) is 10.6 Å². The topological polar surface area (TPSA) is 45.0 Å². The lowest BCUT2D eigenvalue weighted by molar-refractivity contribution is 0.465. The third-order valence-electron chi connectivity index (χ3n) is 4.11. The fourth-order valence-electron chi connectivity index (χ4n) is 2.86. The Morgan fingerprint density at radius 1 is 0.680 bits per heavy atom. The van der Waals surface area contributed by atoms with Crippen molar-refractivity contribution < 1.29 is 5.11 Å². The highest BCUT2D eigenvalue weighted by Gasteiger charge is 2.11. The van der Waals surface area contributed by atoms with Crippen LogP contribution in [0.25, 0.3) is 21.5 Å². The predicted octanol–water partition coefficient (Wildman–Crippen LogP) is 6.69. The van der Waals surface area contributed by atoms with E-state index in [2.05, 4.69) is 35.5 Å². The van der Waals surface area contributed by atoms with Gasteiger partial charge in [-0.15, -0.1) is 35.5 Å². The lowest BCUT2D eigenvalue weighted by Crippen LogP contribution is -1.78. The van der Waals surface area contributed by atoms with Gasteiger partial charge in [0, 0.05) is 20.6 Å². The summed E-state index contributed by atoms with van der Waals surface area (Å²) < 4.78 is 0. The van der Waals surface area contributed by atoms with Crippen molar-refractivity contribution in [2.75, 3.05) is 0 Å². The summed E-state index contributed by atoms with van der Waals surface area (Å²) in [7, 11) is 0. The molecule has 0 heterocycles. The van der Waals surface area contributed by atoms with E-state index in [9.17, 15) is 5.11 Å². The second-order valence-corrected chi connectivity index (χ2v) is 6.63. The molecule has 0 aliphatic heterocycles. The first-order chi connectivity index (χ1) is 12.1. The second kappa shape index (κ2) is 6.43. The number of nitrogens with zero attached hydrogens (tertiary/aromatic N) is 2. The first-order valence-electron chi connectivity index (χ1n) is 7.71. The molecule has 5 heteroatoms. The van der Waals surface area contributed by atoms with E-state index in [4.69, 9.17) is 0 Å². The van der Waals surface area contributed by atoms with Gasteiger partial charge >= 0.3 is 0 Å². The minimum Gasteiger partial charge on any atom is -0.504 e. The van der Waals surface area contributed by atoms with Crippen molar-refractivity contribution in [3.05, 3.63) is 66.7 Å². The molecule has 0 saturated carbocycles. The van der Waals surface area contributed by atoms with Crippen LogP contribution >= 0.6 is 25.3 Å². The molecule has 0 atom stereocenters. The molecule has 0 aromatic heterocycles. The van der Waals surface area contributed by atoms with Gasteiger partial charge in [-0.2, -0.15) is 0 Å². The van der Waals surface area contributed by atoms with Crippen LogP contribution in [0.5, 0.6) is 5.75 Å². The molecule has 0 radical (unpaired) electrons. The summed E-state index contributed by atoms with van der Waals surface area (Å²) in [6.07, 6.45) is 0. The van der Waals surface area contributed by atoms with Gasteiger partial charge in [0.2, 0.25) is 0 Å². The molecule has 25 heavy (non-hydrogen) atoms. The highest BCUT2D eigenvalue weighted by molar-refractivity contribution is 7.80. The summed E-state index contributed by atoms with van der Waals surface area (Å²) in [6, 6.07) is 21.2. The van der Waals surface area contributed by atoms with Gasteiger partial charge < -0.3 is 5.11 Å². The van der Waals surface area contributed by atoms with Crippen LogP contribution in [-0.2, 0) is 0 Å². The Balaban J connectivity index is 1.91. The van der Waals surface area contributed by atoms with Crippen molar-refractivity contribution in [3.63, 3.8) is 0 Å². The minimum absolute atomic E-state index is 0.0286. The van der Waals surface area contributed by atoms with Crippen LogP contribution < -0.4 is 0 Å². The molecule has 0 fully saturated rings. The van der Waals surface area contributed by atoms with E-state index in [1.54, 1.807) is 0 Å². The fourth-order valence-corrected chi connectivity index (χ4v) is 3.38. The Bertz CT molecular complexity index is 1140. The van der Waals surface area contributed by atoms with Crippen molar-refractivity contribution in [3.8, 4) is 5.75 Å². The average Bonchev–Trinajstić information content (AvgIpc) is 2.64. The monoisotopic (exact) mass is 362 g/mol. The molecule has 4 rings (SSSR count). The first kappa shape index (κ1) is 16.0. The van der Waals surface area contributed by atoms with Gasteiger partial charge in [0.1, 0.15) is 5.69 Å². The molecule has 122 valence electrons. The van der Waals surface area contributed by atoms with Crippen molar-refractivity contribution >= 4 is 58.2 Å². The van der Waals surface area contributed by atoms with Crippen molar-refractivity contribution in [1.82, 2.24) is 0 Å². The van der Waals surface area contributed by atoms with Crippen LogP contribution in [0.1, 0.15) is 0 Å². The number of aromatic hydroxyl groups is 1. The van der Waals surface area contributed by atoms with E-state index in [0.717, 1.165) is 32.1 Å². The molecular weight excluding hydrogens is 348 g/mol. The van der Waals surface area contributed by atoms with Gasteiger partial charge in [-0.1, -0.05) is 48.5 Å². The van der Waals surface area contributed by atoms with Gasteiger partial charge in [-0.3, -0.25) is 0 Å². The van der Waals surface area contributed by atoms with E-state index in [1.807, 2.05) is 66.7 Å². The predicted molar refractivity (Wildman–Crippen MR) is 108 cm³/mol. The van der Waals surface area contributed by atoms with Crippen LogP contribution in [0.3, 0.4) is 0 Å². The summed E-state index contributed by atoms with van der Waals surface area (Å²) in [4.78, 5) is 1.36. The zero-order chi connectivity index (χ0) is 17.4. The van der Waals surface area contributed by atoms with E-state index in [-0.39, 0.29) is 5.75 Å². The van der Waals surface area contributed by atoms with Gasteiger partial charge in [0.25, 0.3) is 0 Å². The molecular formula is C20H14N2OS2. The molecule has 3 nitrogen and oxygen atoms in total. The number of fused-ring (bicyclic) bond motifs is 2. The van der Waals surface area contributed by atoms with Crippen LogP contribution in [-0.4, -0.2) is 5.11 Å². The van der Waals surface area contributed by atoms with Crippen molar-refractivity contribution in [1.29, 1.82) is 0 Å².